The second kappa shape index (κ2) is 7.04. The molecule has 0 fully saturated rings. The molecule has 0 unspecified atom stereocenters. The van der Waals surface area contributed by atoms with Crippen molar-refractivity contribution in [3.8, 4) is 0 Å². The third-order valence-corrected chi connectivity index (χ3v) is 3.27. The van der Waals surface area contributed by atoms with Gasteiger partial charge in [0.05, 0.1) is 29.5 Å². The molecule has 0 aliphatic heterocycles. The van der Waals surface area contributed by atoms with E-state index in [4.69, 9.17) is 4.74 Å². The highest BCUT2D eigenvalue weighted by Crippen LogP contribution is 2.34. The fourth-order valence-electron chi connectivity index (χ4n) is 2.17. The van der Waals surface area contributed by atoms with Crippen molar-refractivity contribution in [3.05, 3.63) is 35.5 Å². The van der Waals surface area contributed by atoms with E-state index < -0.39 is 23.8 Å². The second-order valence-corrected chi connectivity index (χ2v) is 5.23. The number of aliphatic hydroxyl groups excluding tert-OH is 1. The molecule has 2 rings (SSSR count). The number of halogens is 3. The molecule has 24 heavy (non-hydrogen) atoms. The lowest BCUT2D eigenvalue weighted by Gasteiger charge is -2.16. The van der Waals surface area contributed by atoms with Gasteiger partial charge in [-0.25, -0.2) is 4.79 Å². The van der Waals surface area contributed by atoms with Crippen molar-refractivity contribution in [2.45, 2.75) is 26.1 Å². The van der Waals surface area contributed by atoms with Crippen LogP contribution in [0.5, 0.6) is 0 Å². The van der Waals surface area contributed by atoms with Gasteiger partial charge in [-0.3, -0.25) is 4.98 Å². The Hall–Kier alpha value is -2.35. The Morgan fingerprint density at radius 1 is 1.42 bits per heavy atom. The predicted octanol–water partition coefficient (Wildman–Crippen LogP) is 3.22. The van der Waals surface area contributed by atoms with Crippen molar-refractivity contribution < 1.29 is 27.8 Å². The molecule has 0 aliphatic rings. The van der Waals surface area contributed by atoms with Crippen molar-refractivity contribution in [2.24, 2.45) is 0 Å². The molecule has 8 heteroatoms. The maximum atomic E-state index is 12.8. The van der Waals surface area contributed by atoms with E-state index in [1.54, 1.807) is 13.8 Å². The topological polar surface area (TPSA) is 71.5 Å². The molecule has 0 radical (unpaired) electrons. The van der Waals surface area contributed by atoms with E-state index in [1.807, 2.05) is 0 Å². The molecule has 0 aliphatic carbocycles. The van der Waals surface area contributed by atoms with Gasteiger partial charge >= 0.3 is 12.1 Å². The number of rotatable bonds is 5. The van der Waals surface area contributed by atoms with Crippen LogP contribution in [0, 0.1) is 0 Å². The lowest BCUT2D eigenvalue weighted by molar-refractivity contribution is -0.137. The van der Waals surface area contributed by atoms with E-state index in [0.717, 1.165) is 12.1 Å². The van der Waals surface area contributed by atoms with Gasteiger partial charge < -0.3 is 15.2 Å². The number of hydrogen-bond donors (Lipinski definition) is 2. The van der Waals surface area contributed by atoms with Gasteiger partial charge in [0.15, 0.2) is 0 Å². The highest BCUT2D eigenvalue weighted by molar-refractivity contribution is 6.05. The maximum absolute atomic E-state index is 12.8. The minimum atomic E-state index is -4.48. The first-order valence-corrected chi connectivity index (χ1v) is 7.33. The molecule has 1 aromatic carbocycles. The largest absolute Gasteiger partial charge is 0.462 e. The van der Waals surface area contributed by atoms with Crippen LogP contribution in [-0.2, 0) is 10.9 Å². The molecule has 0 amide bonds. The molecule has 0 saturated carbocycles. The van der Waals surface area contributed by atoms with Gasteiger partial charge in [0, 0.05) is 18.1 Å². The van der Waals surface area contributed by atoms with Crippen LogP contribution in [0.25, 0.3) is 10.9 Å². The summed E-state index contributed by atoms with van der Waals surface area (Å²) >= 11 is 0. The summed E-state index contributed by atoms with van der Waals surface area (Å²) in [4.78, 5) is 16.0. The fraction of sp³-hybridized carbons (Fsp3) is 0.375. The van der Waals surface area contributed by atoms with Gasteiger partial charge in [-0.2, -0.15) is 13.2 Å². The fourth-order valence-corrected chi connectivity index (χ4v) is 2.17. The number of benzene rings is 1. The van der Waals surface area contributed by atoms with Crippen LogP contribution < -0.4 is 5.32 Å². The van der Waals surface area contributed by atoms with Gasteiger partial charge in [0.2, 0.25) is 0 Å². The Morgan fingerprint density at radius 3 is 2.71 bits per heavy atom. The monoisotopic (exact) mass is 342 g/mol. The van der Waals surface area contributed by atoms with Gasteiger partial charge in [-0.1, -0.05) is 6.07 Å². The minimum absolute atomic E-state index is 0.0889. The van der Waals surface area contributed by atoms with Crippen LogP contribution in [-0.4, -0.2) is 35.3 Å². The number of aromatic nitrogens is 1. The van der Waals surface area contributed by atoms with Gasteiger partial charge in [0.1, 0.15) is 5.56 Å². The Kier molecular flexibility index (Phi) is 5.28. The summed E-state index contributed by atoms with van der Waals surface area (Å²) in [6, 6.07) is 3.09. The molecule has 0 saturated heterocycles. The molecule has 2 aromatic rings. The van der Waals surface area contributed by atoms with Crippen molar-refractivity contribution in [3.63, 3.8) is 0 Å². The van der Waals surface area contributed by atoms with Crippen LogP contribution in [0.3, 0.4) is 0 Å². The summed E-state index contributed by atoms with van der Waals surface area (Å²) in [5.41, 5.74) is -0.350. The zero-order chi connectivity index (χ0) is 17.9. The summed E-state index contributed by atoms with van der Waals surface area (Å²) in [6.07, 6.45) is -4.02. The van der Waals surface area contributed by atoms with Crippen molar-refractivity contribution in [1.82, 2.24) is 4.98 Å². The van der Waals surface area contributed by atoms with Crippen LogP contribution in [0.2, 0.25) is 0 Å². The number of ether oxygens (including phenoxy) is 1. The van der Waals surface area contributed by atoms with E-state index in [0.29, 0.717) is 5.39 Å². The van der Waals surface area contributed by atoms with E-state index >= 15 is 0 Å². The molecule has 0 spiro atoms. The predicted molar refractivity (Wildman–Crippen MR) is 82.9 cm³/mol. The number of hydrogen-bond acceptors (Lipinski definition) is 5. The Labute approximate surface area is 136 Å². The third kappa shape index (κ3) is 3.94. The molecule has 2 N–H and O–H groups in total. The smallest absolute Gasteiger partial charge is 0.416 e. The van der Waals surface area contributed by atoms with E-state index in [9.17, 15) is 23.1 Å². The first kappa shape index (κ1) is 18.0. The summed E-state index contributed by atoms with van der Waals surface area (Å²) in [6.45, 7) is 3.46. The summed E-state index contributed by atoms with van der Waals surface area (Å²) in [5.74, 6) is -0.639. The Balaban J connectivity index is 2.58. The zero-order valence-corrected chi connectivity index (χ0v) is 13.1. The molecule has 1 atom stereocenters. The van der Waals surface area contributed by atoms with Crippen LogP contribution in [0.1, 0.15) is 29.8 Å². The SMILES string of the molecule is CCOC(=O)c1cnc2cc(C(F)(F)F)ccc2c1NC[C@@H](C)O. The molecular weight excluding hydrogens is 325 g/mol. The molecule has 1 heterocycles. The average Bonchev–Trinajstić information content (AvgIpc) is 2.51. The quantitative estimate of drug-likeness (QED) is 0.817. The second-order valence-electron chi connectivity index (χ2n) is 5.23. The highest BCUT2D eigenvalue weighted by Gasteiger charge is 2.31. The van der Waals surface area contributed by atoms with Crippen molar-refractivity contribution >= 4 is 22.6 Å². The first-order valence-electron chi connectivity index (χ1n) is 7.33. The first-order chi connectivity index (χ1) is 11.2. The summed E-state index contributed by atoms with van der Waals surface area (Å²) in [7, 11) is 0. The summed E-state index contributed by atoms with van der Waals surface area (Å²) < 4.78 is 43.4. The number of fused-ring (bicyclic) bond motifs is 1. The normalized spacial score (nSPS) is 12.9. The highest BCUT2D eigenvalue weighted by atomic mass is 19.4. The van der Waals surface area contributed by atoms with E-state index in [-0.39, 0.29) is 29.9 Å². The molecule has 1 aromatic heterocycles. The van der Waals surface area contributed by atoms with Crippen LogP contribution in [0.4, 0.5) is 18.9 Å². The van der Waals surface area contributed by atoms with Gasteiger partial charge in [-0.15, -0.1) is 0 Å². The number of pyridine rings is 1. The zero-order valence-electron chi connectivity index (χ0n) is 13.1. The van der Waals surface area contributed by atoms with Crippen LogP contribution in [0.15, 0.2) is 24.4 Å². The van der Waals surface area contributed by atoms with Gasteiger partial charge in [-0.05, 0) is 26.0 Å². The minimum Gasteiger partial charge on any atom is -0.462 e. The standard InChI is InChI=1S/C16H17F3N2O3/c1-3-24-15(23)12-8-20-13-6-10(16(17,18)19)4-5-11(13)14(12)21-7-9(2)22/h4-6,8-9,22H,3,7H2,1-2H3,(H,20,21)/t9-/m1/s1. The van der Waals surface area contributed by atoms with Gasteiger partial charge in [0.25, 0.3) is 0 Å². The third-order valence-electron chi connectivity index (χ3n) is 3.27. The molecule has 130 valence electrons. The lowest BCUT2D eigenvalue weighted by atomic mass is 10.1. The molecule has 0 bridgehead atoms. The Morgan fingerprint density at radius 2 is 2.12 bits per heavy atom. The van der Waals surface area contributed by atoms with Crippen LogP contribution >= 0.6 is 0 Å². The summed E-state index contributed by atoms with van der Waals surface area (Å²) in [5, 5.41) is 12.6. The van der Waals surface area contributed by atoms with Crippen molar-refractivity contribution in [2.75, 3.05) is 18.5 Å². The number of aliphatic hydroxyl groups is 1. The maximum Gasteiger partial charge on any atom is 0.416 e. The average molecular weight is 342 g/mol. The van der Waals surface area contributed by atoms with E-state index in [1.165, 1.54) is 12.3 Å². The number of anilines is 1. The molecule has 5 nitrogen and oxygen atoms in total. The number of esters is 1. The Bertz CT molecular complexity index is 745. The number of nitrogens with zero attached hydrogens (tertiary/aromatic N) is 1. The lowest BCUT2D eigenvalue weighted by Crippen LogP contribution is -2.18. The number of nitrogens with one attached hydrogen (secondary N) is 1. The number of carbonyl (C=O) groups is 1. The number of carbonyl (C=O) groups excluding carboxylic acids is 1. The van der Waals surface area contributed by atoms with Crippen molar-refractivity contribution in [1.29, 1.82) is 0 Å². The molecular formula is C16H17F3N2O3. The van der Waals surface area contributed by atoms with E-state index in [2.05, 4.69) is 10.3 Å². The number of alkyl halides is 3.